The second-order valence-corrected chi connectivity index (χ2v) is 4.84. The van der Waals surface area contributed by atoms with Gasteiger partial charge in [0.2, 0.25) is 0 Å². The first kappa shape index (κ1) is 14.8. The first-order valence-corrected chi connectivity index (χ1v) is 6.03. The van der Waals surface area contributed by atoms with Crippen molar-refractivity contribution >= 4 is 21.6 Å². The molecule has 2 nitrogen and oxygen atoms in total. The van der Waals surface area contributed by atoms with Crippen LogP contribution in [0.5, 0.6) is 0 Å². The number of halogens is 4. The molecule has 1 rings (SSSR count). The van der Waals surface area contributed by atoms with Gasteiger partial charge in [-0.2, -0.15) is 18.4 Å². The normalized spacial score (nSPS) is 12.9. The monoisotopic (exact) mass is 320 g/mol. The lowest BCUT2D eigenvalue weighted by Gasteiger charge is -2.26. The maximum absolute atomic E-state index is 12.5. The molecule has 0 spiro atoms. The van der Waals surface area contributed by atoms with Gasteiger partial charge in [-0.05, 0) is 41.1 Å². The van der Waals surface area contributed by atoms with Crippen molar-refractivity contribution < 1.29 is 13.2 Å². The maximum Gasteiger partial charge on any atom is 0.416 e. The molecule has 0 heterocycles. The summed E-state index contributed by atoms with van der Waals surface area (Å²) in [6.07, 6.45) is -4.04. The van der Waals surface area contributed by atoms with Gasteiger partial charge in [-0.1, -0.05) is 0 Å². The zero-order valence-corrected chi connectivity index (χ0v) is 11.5. The molecule has 0 aliphatic heterocycles. The van der Waals surface area contributed by atoms with Crippen LogP contribution >= 0.6 is 15.9 Å². The van der Waals surface area contributed by atoms with Crippen molar-refractivity contribution in [3.8, 4) is 6.07 Å². The highest BCUT2D eigenvalue weighted by Gasteiger charge is 2.31. The molecule has 1 aromatic rings. The minimum absolute atomic E-state index is 0.0666. The largest absolute Gasteiger partial charge is 0.416 e. The van der Waals surface area contributed by atoms with Crippen molar-refractivity contribution in [3.63, 3.8) is 0 Å². The molecule has 0 fully saturated rings. The van der Waals surface area contributed by atoms with Crippen molar-refractivity contribution in [2.75, 3.05) is 11.9 Å². The lowest BCUT2D eigenvalue weighted by atomic mass is 10.1. The summed E-state index contributed by atoms with van der Waals surface area (Å²) in [5, 5.41) is 8.62. The van der Waals surface area contributed by atoms with Crippen molar-refractivity contribution in [2.24, 2.45) is 0 Å². The Morgan fingerprint density at radius 3 is 2.50 bits per heavy atom. The Morgan fingerprint density at radius 1 is 1.44 bits per heavy atom. The van der Waals surface area contributed by atoms with Gasteiger partial charge in [0.1, 0.15) is 0 Å². The molecule has 0 amide bonds. The van der Waals surface area contributed by atoms with E-state index in [1.807, 2.05) is 13.0 Å². The SMILES string of the molecule is CC(CC#N)N(C)c1ccc(C(F)(F)F)cc1Br. The lowest BCUT2D eigenvalue weighted by molar-refractivity contribution is -0.137. The van der Waals surface area contributed by atoms with E-state index >= 15 is 0 Å². The van der Waals surface area contributed by atoms with E-state index in [9.17, 15) is 13.2 Å². The Morgan fingerprint density at radius 2 is 2.06 bits per heavy atom. The van der Waals surface area contributed by atoms with Crippen LogP contribution in [0.25, 0.3) is 0 Å². The van der Waals surface area contributed by atoms with Gasteiger partial charge in [0.25, 0.3) is 0 Å². The van der Waals surface area contributed by atoms with Crippen LogP contribution < -0.4 is 4.90 Å². The summed E-state index contributed by atoms with van der Waals surface area (Å²) >= 11 is 3.14. The standard InChI is InChI=1S/C12H12BrF3N2/c1-8(5-6-17)18(2)11-4-3-9(7-10(11)13)12(14,15)16/h3-4,7-8H,5H2,1-2H3. The maximum atomic E-state index is 12.5. The fraction of sp³-hybridized carbons (Fsp3) is 0.417. The highest BCUT2D eigenvalue weighted by Crippen LogP contribution is 2.35. The molecule has 0 N–H and O–H groups in total. The van der Waals surface area contributed by atoms with Gasteiger partial charge in [0.05, 0.1) is 23.7 Å². The summed E-state index contributed by atoms with van der Waals surface area (Å²) in [5.41, 5.74) is -0.0646. The zero-order valence-electron chi connectivity index (χ0n) is 9.92. The van der Waals surface area contributed by atoms with Gasteiger partial charge >= 0.3 is 6.18 Å². The van der Waals surface area contributed by atoms with Gasteiger partial charge in [-0.25, -0.2) is 0 Å². The number of rotatable bonds is 3. The molecule has 98 valence electrons. The number of nitrogens with zero attached hydrogens (tertiary/aromatic N) is 2. The Balaban J connectivity index is 3.03. The Labute approximate surface area is 112 Å². The number of hydrogen-bond acceptors (Lipinski definition) is 2. The van der Waals surface area contributed by atoms with E-state index < -0.39 is 11.7 Å². The molecule has 0 bridgehead atoms. The van der Waals surface area contributed by atoms with E-state index in [-0.39, 0.29) is 6.04 Å². The summed E-state index contributed by atoms with van der Waals surface area (Å²) in [7, 11) is 1.75. The number of benzene rings is 1. The van der Waals surface area contributed by atoms with Crippen molar-refractivity contribution in [1.29, 1.82) is 5.26 Å². The molecule has 0 radical (unpaired) electrons. The summed E-state index contributed by atoms with van der Waals surface area (Å²) in [6.45, 7) is 1.84. The van der Waals surface area contributed by atoms with Crippen LogP contribution in [0, 0.1) is 11.3 Å². The minimum atomic E-state index is -4.35. The molecule has 0 aromatic heterocycles. The van der Waals surface area contributed by atoms with Crippen molar-refractivity contribution in [3.05, 3.63) is 28.2 Å². The third-order valence-corrected chi connectivity index (χ3v) is 3.34. The minimum Gasteiger partial charge on any atom is -0.370 e. The zero-order chi connectivity index (χ0) is 13.9. The van der Waals surface area contributed by atoms with Crippen LogP contribution in [0.4, 0.5) is 18.9 Å². The average molecular weight is 321 g/mol. The van der Waals surface area contributed by atoms with Crippen molar-refractivity contribution in [1.82, 2.24) is 0 Å². The highest BCUT2D eigenvalue weighted by molar-refractivity contribution is 9.10. The smallest absolute Gasteiger partial charge is 0.370 e. The predicted octanol–water partition coefficient (Wildman–Crippen LogP) is 4.21. The Hall–Kier alpha value is -1.22. The molecular weight excluding hydrogens is 309 g/mol. The first-order chi connectivity index (χ1) is 8.27. The average Bonchev–Trinajstić information content (AvgIpc) is 2.27. The van der Waals surface area contributed by atoms with E-state index in [1.165, 1.54) is 6.07 Å². The number of nitriles is 1. The van der Waals surface area contributed by atoms with Crippen LogP contribution in [0.15, 0.2) is 22.7 Å². The molecule has 1 unspecified atom stereocenters. The van der Waals surface area contributed by atoms with Crippen LogP contribution in [0.2, 0.25) is 0 Å². The third kappa shape index (κ3) is 3.39. The van der Waals surface area contributed by atoms with Gasteiger partial charge < -0.3 is 4.90 Å². The van der Waals surface area contributed by atoms with E-state index in [2.05, 4.69) is 15.9 Å². The van der Waals surface area contributed by atoms with E-state index in [1.54, 1.807) is 11.9 Å². The van der Waals surface area contributed by atoms with Crippen LogP contribution in [-0.2, 0) is 6.18 Å². The predicted molar refractivity (Wildman–Crippen MR) is 67.2 cm³/mol. The van der Waals surface area contributed by atoms with Crippen LogP contribution in [0.3, 0.4) is 0 Å². The molecule has 0 saturated carbocycles. The molecule has 1 atom stereocenters. The summed E-state index contributed by atoms with van der Waals surface area (Å²) in [6, 6.07) is 5.46. The second kappa shape index (κ2) is 5.61. The lowest BCUT2D eigenvalue weighted by Crippen LogP contribution is -2.28. The van der Waals surface area contributed by atoms with Gasteiger partial charge in [-0.3, -0.25) is 0 Å². The summed E-state index contributed by atoms with van der Waals surface area (Å²) < 4.78 is 37.9. The molecule has 6 heteroatoms. The van der Waals surface area contributed by atoms with Crippen LogP contribution in [-0.4, -0.2) is 13.1 Å². The van der Waals surface area contributed by atoms with Crippen molar-refractivity contribution in [2.45, 2.75) is 25.6 Å². The highest BCUT2D eigenvalue weighted by atomic mass is 79.9. The fourth-order valence-electron chi connectivity index (χ4n) is 1.48. The molecule has 18 heavy (non-hydrogen) atoms. The van der Waals surface area contributed by atoms with E-state index in [4.69, 9.17) is 5.26 Å². The van der Waals surface area contributed by atoms with Crippen LogP contribution in [0.1, 0.15) is 18.9 Å². The second-order valence-electron chi connectivity index (χ2n) is 3.99. The molecule has 1 aromatic carbocycles. The molecule has 0 saturated heterocycles. The van der Waals surface area contributed by atoms with Gasteiger partial charge in [0, 0.05) is 17.6 Å². The number of hydrogen-bond donors (Lipinski definition) is 0. The topological polar surface area (TPSA) is 27.0 Å². The molecule has 0 aliphatic rings. The Kier molecular flexibility index (Phi) is 4.63. The number of alkyl halides is 3. The molecular formula is C12H12BrF3N2. The first-order valence-electron chi connectivity index (χ1n) is 5.24. The van der Waals surface area contributed by atoms with E-state index in [0.717, 1.165) is 12.1 Å². The van der Waals surface area contributed by atoms with Gasteiger partial charge in [-0.15, -0.1) is 0 Å². The molecule has 0 aliphatic carbocycles. The summed E-state index contributed by atoms with van der Waals surface area (Å²) in [5.74, 6) is 0. The third-order valence-electron chi connectivity index (χ3n) is 2.70. The van der Waals surface area contributed by atoms with E-state index in [0.29, 0.717) is 16.6 Å². The number of anilines is 1. The van der Waals surface area contributed by atoms with Gasteiger partial charge in [0.15, 0.2) is 0 Å². The quantitative estimate of drug-likeness (QED) is 0.834. The summed E-state index contributed by atoms with van der Waals surface area (Å²) in [4.78, 5) is 1.77. The Bertz CT molecular complexity index is 465. The fourth-order valence-corrected chi connectivity index (χ4v) is 2.13.